The standard InChI is InChI=1S/C15H19NO3S2/c1-3-8-16(11-13-7-9-20-12-13)21(17,18)15-6-4-5-14(10-15)19-2/h4-7,9-10,12H,3,8,11H2,1-2H3. The Morgan fingerprint density at radius 3 is 2.71 bits per heavy atom. The summed E-state index contributed by atoms with van der Waals surface area (Å²) in [6.07, 6.45) is 0.771. The lowest BCUT2D eigenvalue weighted by Gasteiger charge is -2.21. The minimum atomic E-state index is -3.51. The van der Waals surface area contributed by atoms with Crippen molar-refractivity contribution in [3.05, 3.63) is 46.7 Å². The minimum Gasteiger partial charge on any atom is -0.497 e. The van der Waals surface area contributed by atoms with Gasteiger partial charge in [0.15, 0.2) is 0 Å². The van der Waals surface area contributed by atoms with Crippen molar-refractivity contribution in [2.75, 3.05) is 13.7 Å². The Hall–Kier alpha value is -1.37. The Morgan fingerprint density at radius 2 is 2.10 bits per heavy atom. The number of nitrogens with zero attached hydrogens (tertiary/aromatic N) is 1. The second kappa shape index (κ2) is 7.06. The highest BCUT2D eigenvalue weighted by Crippen LogP contribution is 2.23. The zero-order valence-electron chi connectivity index (χ0n) is 12.2. The van der Waals surface area contributed by atoms with E-state index >= 15 is 0 Å². The molecule has 0 aliphatic carbocycles. The summed E-state index contributed by atoms with van der Waals surface area (Å²) in [5.74, 6) is 0.544. The van der Waals surface area contributed by atoms with Gasteiger partial charge in [0.1, 0.15) is 5.75 Å². The molecule has 0 radical (unpaired) electrons. The van der Waals surface area contributed by atoms with E-state index in [1.54, 1.807) is 35.6 Å². The van der Waals surface area contributed by atoms with E-state index in [1.165, 1.54) is 11.4 Å². The highest BCUT2D eigenvalue weighted by Gasteiger charge is 2.24. The fraction of sp³-hybridized carbons (Fsp3) is 0.333. The zero-order valence-corrected chi connectivity index (χ0v) is 13.8. The first-order valence-corrected chi connectivity index (χ1v) is 9.11. The van der Waals surface area contributed by atoms with Crippen LogP contribution in [0.25, 0.3) is 0 Å². The van der Waals surface area contributed by atoms with Crippen molar-refractivity contribution in [3.63, 3.8) is 0 Å². The van der Waals surface area contributed by atoms with Crippen molar-refractivity contribution < 1.29 is 13.2 Å². The normalized spacial score (nSPS) is 11.8. The summed E-state index contributed by atoms with van der Waals surface area (Å²) in [7, 11) is -1.99. The molecule has 1 aromatic heterocycles. The molecule has 0 amide bonds. The van der Waals surface area contributed by atoms with Gasteiger partial charge in [-0.15, -0.1) is 0 Å². The van der Waals surface area contributed by atoms with Crippen LogP contribution < -0.4 is 4.74 Å². The molecule has 114 valence electrons. The molecule has 0 N–H and O–H groups in total. The van der Waals surface area contributed by atoms with Gasteiger partial charge in [0.25, 0.3) is 0 Å². The topological polar surface area (TPSA) is 46.6 Å². The van der Waals surface area contributed by atoms with Gasteiger partial charge in [-0.05, 0) is 40.9 Å². The Morgan fingerprint density at radius 1 is 1.29 bits per heavy atom. The summed E-state index contributed by atoms with van der Waals surface area (Å²) < 4.78 is 32.2. The summed E-state index contributed by atoms with van der Waals surface area (Å²) in [6.45, 7) is 2.87. The van der Waals surface area contributed by atoms with E-state index < -0.39 is 10.0 Å². The van der Waals surface area contributed by atoms with Gasteiger partial charge in [0.2, 0.25) is 10.0 Å². The molecule has 4 nitrogen and oxygen atoms in total. The predicted molar refractivity (Wildman–Crippen MR) is 85.2 cm³/mol. The summed E-state index contributed by atoms with van der Waals surface area (Å²) >= 11 is 1.57. The SMILES string of the molecule is CCCN(Cc1ccsc1)S(=O)(=O)c1cccc(OC)c1. The number of ether oxygens (including phenoxy) is 1. The fourth-order valence-corrected chi connectivity index (χ4v) is 4.25. The lowest BCUT2D eigenvalue weighted by atomic mass is 10.3. The predicted octanol–water partition coefficient (Wildman–Crippen LogP) is 3.36. The third-order valence-corrected chi connectivity index (χ3v) is 5.66. The number of rotatable bonds is 7. The largest absolute Gasteiger partial charge is 0.497 e. The van der Waals surface area contributed by atoms with Crippen LogP contribution in [-0.2, 0) is 16.6 Å². The molecule has 1 heterocycles. The Balaban J connectivity index is 2.32. The van der Waals surface area contributed by atoms with Gasteiger partial charge >= 0.3 is 0 Å². The van der Waals surface area contributed by atoms with Gasteiger partial charge in [0.05, 0.1) is 12.0 Å². The van der Waals surface area contributed by atoms with E-state index in [9.17, 15) is 8.42 Å². The third kappa shape index (κ3) is 3.84. The van der Waals surface area contributed by atoms with Gasteiger partial charge in [-0.2, -0.15) is 15.6 Å². The van der Waals surface area contributed by atoms with Crippen LogP contribution in [0.5, 0.6) is 5.75 Å². The summed E-state index contributed by atoms with van der Waals surface area (Å²) in [4.78, 5) is 0.269. The first kappa shape index (κ1) is 16.0. The van der Waals surface area contributed by atoms with E-state index in [0.717, 1.165) is 12.0 Å². The third-order valence-electron chi connectivity index (χ3n) is 3.09. The quantitative estimate of drug-likeness (QED) is 0.784. The Labute approximate surface area is 130 Å². The zero-order chi connectivity index (χ0) is 15.3. The fourth-order valence-electron chi connectivity index (χ4n) is 2.03. The van der Waals surface area contributed by atoms with Crippen LogP contribution in [-0.4, -0.2) is 26.4 Å². The van der Waals surface area contributed by atoms with Crippen molar-refractivity contribution in [1.82, 2.24) is 4.31 Å². The Kier molecular flexibility index (Phi) is 5.39. The number of methoxy groups -OCH3 is 1. The maximum absolute atomic E-state index is 12.8. The number of benzene rings is 1. The van der Waals surface area contributed by atoms with Crippen LogP contribution in [0, 0.1) is 0 Å². The molecular formula is C15H19NO3S2. The lowest BCUT2D eigenvalue weighted by Crippen LogP contribution is -2.31. The van der Waals surface area contributed by atoms with Crippen molar-refractivity contribution in [2.45, 2.75) is 24.8 Å². The molecule has 0 aliphatic heterocycles. The van der Waals surface area contributed by atoms with E-state index in [1.807, 2.05) is 23.8 Å². The van der Waals surface area contributed by atoms with Crippen molar-refractivity contribution >= 4 is 21.4 Å². The summed E-state index contributed by atoms with van der Waals surface area (Å²) in [6, 6.07) is 8.55. The van der Waals surface area contributed by atoms with Gasteiger partial charge in [-0.3, -0.25) is 0 Å². The molecule has 6 heteroatoms. The molecule has 0 unspecified atom stereocenters. The molecule has 0 atom stereocenters. The molecule has 21 heavy (non-hydrogen) atoms. The second-order valence-electron chi connectivity index (χ2n) is 4.65. The highest BCUT2D eigenvalue weighted by atomic mass is 32.2. The lowest BCUT2D eigenvalue weighted by molar-refractivity contribution is 0.402. The van der Waals surface area contributed by atoms with Gasteiger partial charge in [0, 0.05) is 19.2 Å². The highest BCUT2D eigenvalue weighted by molar-refractivity contribution is 7.89. The minimum absolute atomic E-state index is 0.269. The molecular weight excluding hydrogens is 306 g/mol. The molecule has 0 saturated heterocycles. The number of hydrogen-bond donors (Lipinski definition) is 0. The molecule has 0 aliphatic rings. The average Bonchev–Trinajstić information content (AvgIpc) is 3.00. The van der Waals surface area contributed by atoms with Gasteiger partial charge in [-0.1, -0.05) is 13.0 Å². The molecule has 2 rings (SSSR count). The van der Waals surface area contributed by atoms with Crippen LogP contribution in [0.3, 0.4) is 0 Å². The van der Waals surface area contributed by atoms with Crippen LogP contribution in [0.1, 0.15) is 18.9 Å². The van der Waals surface area contributed by atoms with Crippen LogP contribution in [0.4, 0.5) is 0 Å². The number of thiophene rings is 1. The number of hydrogen-bond acceptors (Lipinski definition) is 4. The molecule has 0 saturated carbocycles. The van der Waals surface area contributed by atoms with Crippen LogP contribution >= 0.6 is 11.3 Å². The van der Waals surface area contributed by atoms with Gasteiger partial charge < -0.3 is 4.74 Å². The van der Waals surface area contributed by atoms with Crippen LogP contribution in [0.15, 0.2) is 46.0 Å². The molecule has 0 fully saturated rings. The first-order chi connectivity index (χ1) is 10.1. The molecule has 0 spiro atoms. The van der Waals surface area contributed by atoms with E-state index in [0.29, 0.717) is 18.8 Å². The van der Waals surface area contributed by atoms with Crippen molar-refractivity contribution in [2.24, 2.45) is 0 Å². The maximum Gasteiger partial charge on any atom is 0.243 e. The van der Waals surface area contributed by atoms with Crippen molar-refractivity contribution in [3.8, 4) is 5.75 Å². The van der Waals surface area contributed by atoms with Crippen LogP contribution in [0.2, 0.25) is 0 Å². The Bertz CT molecular complexity index is 666. The first-order valence-electron chi connectivity index (χ1n) is 6.73. The maximum atomic E-state index is 12.8. The van der Waals surface area contributed by atoms with Crippen molar-refractivity contribution in [1.29, 1.82) is 0 Å². The smallest absolute Gasteiger partial charge is 0.243 e. The van der Waals surface area contributed by atoms with E-state index in [-0.39, 0.29) is 4.90 Å². The summed E-state index contributed by atoms with van der Waals surface area (Å²) in [5, 5.41) is 3.93. The average molecular weight is 325 g/mol. The summed E-state index contributed by atoms with van der Waals surface area (Å²) in [5.41, 5.74) is 1.01. The van der Waals surface area contributed by atoms with Gasteiger partial charge in [-0.25, -0.2) is 8.42 Å². The molecule has 2 aromatic rings. The van der Waals surface area contributed by atoms with E-state index in [2.05, 4.69) is 0 Å². The second-order valence-corrected chi connectivity index (χ2v) is 7.37. The molecule has 0 bridgehead atoms. The number of sulfonamides is 1. The monoisotopic (exact) mass is 325 g/mol. The van der Waals surface area contributed by atoms with E-state index in [4.69, 9.17) is 4.74 Å². The molecule has 1 aromatic carbocycles.